The van der Waals surface area contributed by atoms with Crippen LogP contribution in [0.1, 0.15) is 30.0 Å². The van der Waals surface area contributed by atoms with Crippen LogP contribution in [0, 0.1) is 5.82 Å². The van der Waals surface area contributed by atoms with E-state index >= 15 is 0 Å². The highest BCUT2D eigenvalue weighted by atomic mass is 35.5. The molecule has 2 N–H and O–H groups in total. The van der Waals surface area contributed by atoms with E-state index in [0.29, 0.717) is 11.6 Å². The first-order chi connectivity index (χ1) is 11.1. The largest absolute Gasteiger partial charge is 0.352 e. The monoisotopic (exact) mass is 332 g/mol. The van der Waals surface area contributed by atoms with Gasteiger partial charge >= 0.3 is 0 Å². The van der Waals surface area contributed by atoms with Crippen LogP contribution in [-0.2, 0) is 11.3 Å². The zero-order valence-electron chi connectivity index (χ0n) is 12.6. The Bertz CT molecular complexity index is 686. The normalized spacial score (nSPS) is 15.2. The van der Waals surface area contributed by atoms with Gasteiger partial charge in [-0.1, -0.05) is 35.9 Å². The van der Waals surface area contributed by atoms with Crippen LogP contribution in [-0.4, -0.2) is 11.9 Å². The summed E-state index contributed by atoms with van der Waals surface area (Å²) in [6.45, 7) is 0.501. The molecular formula is C18H18ClFN2O. The minimum atomic E-state index is -0.518. The van der Waals surface area contributed by atoms with Crippen LogP contribution < -0.4 is 10.6 Å². The number of amides is 1. The van der Waals surface area contributed by atoms with Gasteiger partial charge in [-0.3, -0.25) is 10.1 Å². The molecule has 0 radical (unpaired) electrons. The lowest BCUT2D eigenvalue weighted by Gasteiger charge is -2.19. The summed E-state index contributed by atoms with van der Waals surface area (Å²) >= 11 is 5.99. The van der Waals surface area contributed by atoms with E-state index in [1.165, 1.54) is 12.1 Å². The molecule has 5 heteroatoms. The lowest BCUT2D eigenvalue weighted by Crippen LogP contribution is -2.38. The molecule has 1 amide bonds. The summed E-state index contributed by atoms with van der Waals surface area (Å²) in [5, 5.41) is 6.89. The molecule has 0 saturated heterocycles. The molecule has 0 aliphatic heterocycles. The molecule has 1 aliphatic carbocycles. The summed E-state index contributed by atoms with van der Waals surface area (Å²) in [6, 6.07) is 13.2. The Morgan fingerprint density at radius 2 is 1.96 bits per heavy atom. The van der Waals surface area contributed by atoms with Gasteiger partial charge in [0.25, 0.3) is 0 Å². The first kappa shape index (κ1) is 16.0. The van der Waals surface area contributed by atoms with Crippen molar-refractivity contribution in [1.82, 2.24) is 10.6 Å². The second-order valence-electron chi connectivity index (χ2n) is 5.78. The van der Waals surface area contributed by atoms with Gasteiger partial charge in [-0.05, 0) is 48.2 Å². The molecule has 120 valence electrons. The van der Waals surface area contributed by atoms with Crippen LogP contribution in [0.3, 0.4) is 0 Å². The minimum Gasteiger partial charge on any atom is -0.352 e. The molecule has 23 heavy (non-hydrogen) atoms. The third kappa shape index (κ3) is 4.53. The van der Waals surface area contributed by atoms with Crippen molar-refractivity contribution in [3.63, 3.8) is 0 Å². The Labute approximate surface area is 139 Å². The van der Waals surface area contributed by atoms with Crippen LogP contribution in [0.25, 0.3) is 0 Å². The van der Waals surface area contributed by atoms with E-state index in [1.807, 2.05) is 24.3 Å². The maximum absolute atomic E-state index is 13.1. The molecule has 0 heterocycles. The third-order valence-electron chi connectivity index (χ3n) is 3.79. The SMILES string of the molecule is O=C(NC1CC1)[C@@H](NCc1cccc(Cl)c1)c1ccc(F)cc1. The topological polar surface area (TPSA) is 41.1 Å². The van der Waals surface area contributed by atoms with Crippen LogP contribution in [0.4, 0.5) is 4.39 Å². The average molecular weight is 333 g/mol. The van der Waals surface area contributed by atoms with Gasteiger partial charge < -0.3 is 5.32 Å². The predicted molar refractivity (Wildman–Crippen MR) is 88.6 cm³/mol. The quantitative estimate of drug-likeness (QED) is 0.848. The Kier molecular flexibility index (Phi) is 4.94. The second-order valence-corrected chi connectivity index (χ2v) is 6.21. The van der Waals surface area contributed by atoms with Crippen molar-refractivity contribution in [2.45, 2.75) is 31.5 Å². The maximum Gasteiger partial charge on any atom is 0.241 e. The van der Waals surface area contributed by atoms with Crippen molar-refractivity contribution in [1.29, 1.82) is 0 Å². The second kappa shape index (κ2) is 7.11. The van der Waals surface area contributed by atoms with E-state index in [-0.39, 0.29) is 17.8 Å². The highest BCUT2D eigenvalue weighted by Gasteiger charge is 2.28. The van der Waals surface area contributed by atoms with E-state index in [4.69, 9.17) is 11.6 Å². The molecule has 3 nitrogen and oxygen atoms in total. The van der Waals surface area contributed by atoms with Gasteiger partial charge in [-0.2, -0.15) is 0 Å². The number of carbonyl (C=O) groups is 1. The molecule has 0 bridgehead atoms. The Hall–Kier alpha value is -1.91. The molecule has 1 atom stereocenters. The number of nitrogens with one attached hydrogen (secondary N) is 2. The summed E-state index contributed by atoms with van der Waals surface area (Å²) in [5.74, 6) is -0.397. The zero-order chi connectivity index (χ0) is 16.2. The number of hydrogen-bond donors (Lipinski definition) is 2. The summed E-state index contributed by atoms with van der Waals surface area (Å²) < 4.78 is 13.1. The summed E-state index contributed by atoms with van der Waals surface area (Å²) in [5.41, 5.74) is 1.73. The molecule has 3 rings (SSSR count). The molecule has 0 spiro atoms. The zero-order valence-corrected chi connectivity index (χ0v) is 13.3. The van der Waals surface area contributed by atoms with Gasteiger partial charge in [0.1, 0.15) is 11.9 Å². The van der Waals surface area contributed by atoms with Crippen molar-refractivity contribution in [2.24, 2.45) is 0 Å². The maximum atomic E-state index is 13.1. The van der Waals surface area contributed by atoms with Gasteiger partial charge in [-0.25, -0.2) is 4.39 Å². The summed E-state index contributed by atoms with van der Waals surface area (Å²) in [4.78, 5) is 12.5. The average Bonchev–Trinajstić information content (AvgIpc) is 3.33. The van der Waals surface area contributed by atoms with Gasteiger partial charge in [0.05, 0.1) is 0 Å². The fraction of sp³-hybridized carbons (Fsp3) is 0.278. The number of carbonyl (C=O) groups excluding carboxylic acids is 1. The Morgan fingerprint density at radius 3 is 2.61 bits per heavy atom. The fourth-order valence-electron chi connectivity index (χ4n) is 2.40. The number of rotatable bonds is 6. The van der Waals surface area contributed by atoms with Crippen molar-refractivity contribution in [2.75, 3.05) is 0 Å². The fourth-order valence-corrected chi connectivity index (χ4v) is 2.61. The predicted octanol–water partition coefficient (Wildman–Crippen LogP) is 3.59. The first-order valence-corrected chi connectivity index (χ1v) is 8.03. The molecular weight excluding hydrogens is 315 g/mol. The molecule has 0 aromatic heterocycles. The van der Waals surface area contributed by atoms with E-state index in [9.17, 15) is 9.18 Å². The highest BCUT2D eigenvalue weighted by Crippen LogP contribution is 2.22. The molecule has 1 fully saturated rings. The molecule has 0 unspecified atom stereocenters. The van der Waals surface area contributed by atoms with Crippen LogP contribution in [0.2, 0.25) is 5.02 Å². The standard InChI is InChI=1S/C18H18ClFN2O/c19-14-3-1-2-12(10-14)11-21-17(18(23)22-16-8-9-16)13-4-6-15(20)7-5-13/h1-7,10,16-17,21H,8-9,11H2,(H,22,23)/t17-/m0/s1. The highest BCUT2D eigenvalue weighted by molar-refractivity contribution is 6.30. The summed E-state index contributed by atoms with van der Waals surface area (Å²) in [7, 11) is 0. The summed E-state index contributed by atoms with van der Waals surface area (Å²) in [6.07, 6.45) is 2.05. The smallest absolute Gasteiger partial charge is 0.241 e. The van der Waals surface area contributed by atoms with Gasteiger partial charge in [0.15, 0.2) is 0 Å². The van der Waals surface area contributed by atoms with Gasteiger partial charge in [0, 0.05) is 17.6 Å². The van der Waals surface area contributed by atoms with Gasteiger partial charge in [-0.15, -0.1) is 0 Å². The molecule has 2 aromatic carbocycles. The van der Waals surface area contributed by atoms with Crippen molar-refractivity contribution in [3.8, 4) is 0 Å². The molecule has 1 aliphatic rings. The lowest BCUT2D eigenvalue weighted by atomic mass is 10.1. The van der Waals surface area contributed by atoms with Crippen molar-refractivity contribution < 1.29 is 9.18 Å². The minimum absolute atomic E-state index is 0.0823. The number of halogens is 2. The molecule has 1 saturated carbocycles. The lowest BCUT2D eigenvalue weighted by molar-refractivity contribution is -0.123. The first-order valence-electron chi connectivity index (χ1n) is 7.65. The third-order valence-corrected chi connectivity index (χ3v) is 4.02. The van der Waals surface area contributed by atoms with Crippen molar-refractivity contribution >= 4 is 17.5 Å². The van der Waals surface area contributed by atoms with E-state index in [2.05, 4.69) is 10.6 Å². The van der Waals surface area contributed by atoms with E-state index in [0.717, 1.165) is 24.0 Å². The van der Waals surface area contributed by atoms with E-state index < -0.39 is 6.04 Å². The molecule has 2 aromatic rings. The number of hydrogen-bond acceptors (Lipinski definition) is 2. The van der Waals surface area contributed by atoms with Crippen LogP contribution in [0.15, 0.2) is 48.5 Å². The van der Waals surface area contributed by atoms with Crippen molar-refractivity contribution in [3.05, 3.63) is 70.5 Å². The van der Waals surface area contributed by atoms with Gasteiger partial charge in [0.2, 0.25) is 5.91 Å². The van der Waals surface area contributed by atoms with Crippen LogP contribution in [0.5, 0.6) is 0 Å². The van der Waals surface area contributed by atoms with E-state index in [1.54, 1.807) is 12.1 Å². The Morgan fingerprint density at radius 1 is 1.22 bits per heavy atom. The number of benzene rings is 2. The Balaban J connectivity index is 1.73. The van der Waals surface area contributed by atoms with Crippen LogP contribution >= 0.6 is 11.6 Å².